The second-order valence-electron chi connectivity index (χ2n) is 9.85. The average molecular weight is 501 g/mol. The van der Waals surface area contributed by atoms with E-state index in [0.717, 1.165) is 0 Å². The van der Waals surface area contributed by atoms with Gasteiger partial charge in [0.15, 0.2) is 11.4 Å². The highest BCUT2D eigenvalue weighted by Crippen LogP contribution is 2.58. The van der Waals surface area contributed by atoms with Gasteiger partial charge in [-0.05, 0) is 50.9 Å². The van der Waals surface area contributed by atoms with Crippen molar-refractivity contribution in [3.63, 3.8) is 0 Å². The van der Waals surface area contributed by atoms with E-state index in [1.807, 2.05) is 13.8 Å². The molecule has 0 bridgehead atoms. The van der Waals surface area contributed by atoms with Crippen LogP contribution in [0, 0.1) is 11.8 Å². The van der Waals surface area contributed by atoms with Crippen LogP contribution in [0.5, 0.6) is 5.75 Å². The lowest BCUT2D eigenvalue weighted by Gasteiger charge is -2.51. The molecule has 194 valence electrons. The minimum absolute atomic E-state index is 0.0335. The highest BCUT2D eigenvalue weighted by Gasteiger charge is 2.65. The first kappa shape index (κ1) is 25.5. The van der Waals surface area contributed by atoms with Crippen LogP contribution in [-0.2, 0) is 14.4 Å². The number of aromatic hydroxyl groups is 1. The van der Waals surface area contributed by atoms with Crippen LogP contribution in [0.3, 0.4) is 0 Å². The van der Waals surface area contributed by atoms with E-state index in [9.17, 15) is 34.8 Å². The van der Waals surface area contributed by atoms with Gasteiger partial charge in [-0.3, -0.25) is 19.3 Å². The summed E-state index contributed by atoms with van der Waals surface area (Å²) in [5.41, 5.74) is 3.28. The van der Waals surface area contributed by atoms with Crippen LogP contribution in [0.2, 0.25) is 0 Å². The number of anilines is 2. The van der Waals surface area contributed by atoms with Crippen molar-refractivity contribution >= 4 is 34.6 Å². The van der Waals surface area contributed by atoms with Gasteiger partial charge in [0.05, 0.1) is 17.3 Å². The summed E-state index contributed by atoms with van der Waals surface area (Å²) >= 11 is 0. The molecular formula is C25H32N4O7. The van der Waals surface area contributed by atoms with Crippen molar-refractivity contribution < 1.29 is 34.8 Å². The number of rotatable bonds is 5. The number of hydrogen-bond acceptors (Lipinski definition) is 10. The van der Waals surface area contributed by atoms with E-state index in [-0.39, 0.29) is 23.3 Å². The van der Waals surface area contributed by atoms with Crippen LogP contribution in [0.1, 0.15) is 37.3 Å². The lowest BCUT2D eigenvalue weighted by molar-refractivity contribution is -0.154. The number of amides is 1. The Morgan fingerprint density at radius 2 is 1.86 bits per heavy atom. The number of Topliss-reactive ketones (excluding diaryl/α,β-unsaturated/α-hetero) is 2. The normalized spacial score (nSPS) is 29.6. The minimum Gasteiger partial charge on any atom is -0.508 e. The van der Waals surface area contributed by atoms with Crippen molar-refractivity contribution in [1.29, 1.82) is 0 Å². The molecule has 8 N–H and O–H groups in total. The fourth-order valence-corrected chi connectivity index (χ4v) is 6.22. The van der Waals surface area contributed by atoms with Gasteiger partial charge in [0.1, 0.15) is 22.8 Å². The number of phenolic OH excluding ortho intramolecular Hbond substituents is 1. The molecule has 11 heteroatoms. The Labute approximate surface area is 208 Å². The van der Waals surface area contributed by atoms with E-state index >= 15 is 0 Å². The fourth-order valence-electron chi connectivity index (χ4n) is 6.22. The monoisotopic (exact) mass is 500 g/mol. The zero-order chi connectivity index (χ0) is 26.9. The molecule has 1 aromatic carbocycles. The predicted octanol–water partition coefficient (Wildman–Crippen LogP) is 0.999. The third-order valence-corrected chi connectivity index (χ3v) is 7.83. The number of carbonyl (C=O) groups is 3. The van der Waals surface area contributed by atoms with Gasteiger partial charge in [-0.15, -0.1) is 0 Å². The lowest BCUT2D eigenvalue weighted by atomic mass is 9.55. The maximum absolute atomic E-state index is 14.0. The first-order valence-corrected chi connectivity index (χ1v) is 11.8. The number of phenols is 1. The van der Waals surface area contributed by atoms with Gasteiger partial charge in [0.2, 0.25) is 5.78 Å². The number of primary amides is 1. The molecule has 0 aliphatic heterocycles. The summed E-state index contributed by atoms with van der Waals surface area (Å²) in [6.07, 6.45) is 0.0335. The zero-order valence-electron chi connectivity index (χ0n) is 20.8. The van der Waals surface area contributed by atoms with E-state index in [4.69, 9.17) is 5.73 Å². The topological polar surface area (TPSA) is 185 Å². The molecule has 0 heterocycles. The fraction of sp³-hybridized carbons (Fsp3) is 0.480. The first-order chi connectivity index (χ1) is 16.8. The van der Waals surface area contributed by atoms with Crippen molar-refractivity contribution in [3.05, 3.63) is 34.1 Å². The molecule has 1 aromatic rings. The largest absolute Gasteiger partial charge is 0.508 e. The van der Waals surface area contributed by atoms with Crippen LogP contribution in [-0.4, -0.2) is 82.1 Å². The molecule has 0 saturated heterocycles. The van der Waals surface area contributed by atoms with E-state index in [1.165, 1.54) is 4.90 Å². The smallest absolute Gasteiger partial charge is 0.255 e. The number of carbonyl (C=O) groups excluding carboxylic acids is 3. The summed E-state index contributed by atoms with van der Waals surface area (Å²) in [5.74, 6) is -7.16. The number of likely N-dealkylation sites (N-methyl/N-ethyl adjacent to an activating group) is 1. The molecule has 1 amide bonds. The van der Waals surface area contributed by atoms with Gasteiger partial charge >= 0.3 is 0 Å². The Morgan fingerprint density at radius 3 is 2.39 bits per heavy atom. The summed E-state index contributed by atoms with van der Waals surface area (Å²) in [6.45, 7) is 4.16. The molecule has 1 fully saturated rings. The third-order valence-electron chi connectivity index (χ3n) is 7.83. The first-order valence-electron chi connectivity index (χ1n) is 11.8. The standard InChI is InChI=1S/C25H32N4O7/c1-6-28-13-8-12(27-3)14-9(2)10-7-11-18(29(4)5)21(32)17(24(26)35)23(34)25(11,36)22(33)15(10)20(31)16(14)19(13)30/h8-11,18,27-28,30-31,34,36H,6-7H2,1-5H3,(H2,26,35)/t9?,10-,11+,18+,25+/m1/s1. The Hall–Kier alpha value is -3.57. The number of nitrogens with two attached hydrogens (primary N) is 1. The quantitative estimate of drug-likeness (QED) is 0.175. The molecule has 36 heavy (non-hydrogen) atoms. The molecule has 0 aromatic heterocycles. The van der Waals surface area contributed by atoms with Gasteiger partial charge in [-0.25, -0.2) is 0 Å². The number of fused-ring (bicyclic) bond motifs is 3. The Balaban J connectivity index is 2.03. The predicted molar refractivity (Wildman–Crippen MR) is 133 cm³/mol. The number of aliphatic hydroxyl groups excluding tert-OH is 2. The molecule has 1 unspecified atom stereocenters. The van der Waals surface area contributed by atoms with E-state index in [2.05, 4.69) is 10.6 Å². The van der Waals surface area contributed by atoms with Crippen LogP contribution < -0.4 is 16.4 Å². The second-order valence-corrected chi connectivity index (χ2v) is 9.85. The number of nitrogens with one attached hydrogen (secondary N) is 2. The zero-order valence-corrected chi connectivity index (χ0v) is 20.8. The van der Waals surface area contributed by atoms with Crippen LogP contribution in [0.25, 0.3) is 5.76 Å². The number of ketones is 2. The van der Waals surface area contributed by atoms with Gasteiger partial charge in [0, 0.05) is 30.8 Å². The summed E-state index contributed by atoms with van der Waals surface area (Å²) in [6, 6.07) is 0.594. The molecule has 1 saturated carbocycles. The van der Waals surface area contributed by atoms with Gasteiger partial charge < -0.3 is 36.8 Å². The van der Waals surface area contributed by atoms with Crippen LogP contribution in [0.15, 0.2) is 23.0 Å². The lowest BCUT2D eigenvalue weighted by Crippen LogP contribution is -2.65. The molecule has 5 atom stereocenters. The molecule has 3 aliphatic carbocycles. The van der Waals surface area contributed by atoms with E-state index in [1.54, 1.807) is 27.2 Å². The SMILES string of the molecule is CCNc1cc(NC)c2c(c1O)C(O)=C1C(=O)[C@]3(O)C(O)=C(C(N)=O)C(=O)[C@@H](N(C)C)[C@@H]3C[C@@H]1C2C. The van der Waals surface area contributed by atoms with Crippen LogP contribution >= 0.6 is 0 Å². The number of aliphatic hydroxyl groups is 3. The number of nitrogens with zero attached hydrogens (tertiary/aromatic N) is 1. The number of benzene rings is 1. The van der Waals surface area contributed by atoms with Gasteiger partial charge in [-0.2, -0.15) is 0 Å². The molecule has 3 aliphatic rings. The number of hydrogen-bond donors (Lipinski definition) is 7. The van der Waals surface area contributed by atoms with Crippen molar-refractivity contribution in [3.8, 4) is 5.75 Å². The minimum atomic E-state index is -2.66. The summed E-state index contributed by atoms with van der Waals surface area (Å²) in [4.78, 5) is 40.7. The molecular weight excluding hydrogens is 468 g/mol. The Kier molecular flexibility index (Phi) is 6.04. The highest BCUT2D eigenvalue weighted by atomic mass is 16.3. The Bertz CT molecular complexity index is 1250. The summed E-state index contributed by atoms with van der Waals surface area (Å²) < 4.78 is 0. The highest BCUT2D eigenvalue weighted by molar-refractivity contribution is 6.24. The van der Waals surface area contributed by atoms with Crippen molar-refractivity contribution in [2.75, 3.05) is 38.3 Å². The average Bonchev–Trinajstić information content (AvgIpc) is 2.80. The molecule has 11 nitrogen and oxygen atoms in total. The van der Waals surface area contributed by atoms with Crippen molar-refractivity contribution in [1.82, 2.24) is 4.90 Å². The van der Waals surface area contributed by atoms with Gasteiger partial charge in [0.25, 0.3) is 5.91 Å². The molecule has 0 spiro atoms. The summed E-state index contributed by atoms with van der Waals surface area (Å²) in [7, 11) is 4.83. The second kappa shape index (κ2) is 8.52. The maximum Gasteiger partial charge on any atom is 0.255 e. The van der Waals surface area contributed by atoms with Crippen molar-refractivity contribution in [2.45, 2.75) is 37.8 Å². The van der Waals surface area contributed by atoms with E-state index in [0.29, 0.717) is 23.5 Å². The molecule has 0 radical (unpaired) electrons. The van der Waals surface area contributed by atoms with Crippen LogP contribution in [0.4, 0.5) is 11.4 Å². The van der Waals surface area contributed by atoms with Gasteiger partial charge in [-0.1, -0.05) is 6.92 Å². The molecule has 4 rings (SSSR count). The van der Waals surface area contributed by atoms with Crippen molar-refractivity contribution in [2.24, 2.45) is 17.6 Å². The Morgan fingerprint density at radius 1 is 1.22 bits per heavy atom. The summed E-state index contributed by atoms with van der Waals surface area (Å²) in [5, 5.41) is 51.2. The maximum atomic E-state index is 14.0. The van der Waals surface area contributed by atoms with E-state index < -0.39 is 64.0 Å². The third kappa shape index (κ3) is 3.15.